The number of carboxylic acids is 1. The summed E-state index contributed by atoms with van der Waals surface area (Å²) in [6, 6.07) is -0.528. The Hall–Kier alpha value is -0.393. The Bertz CT molecular complexity index is 366. The van der Waals surface area contributed by atoms with Crippen molar-refractivity contribution in [2.24, 2.45) is 0 Å². The van der Waals surface area contributed by atoms with Gasteiger partial charge in [-0.25, -0.2) is 0 Å². The number of unbranched alkanes of at least 4 members (excludes halogenated alkanes) is 6. The number of rotatable bonds is 14. The zero-order chi connectivity index (χ0) is 19.5. The molecule has 25 heavy (non-hydrogen) atoms. The molecule has 0 rings (SSSR count). The maximum atomic E-state index is 11.4. The van der Waals surface area contributed by atoms with Crippen LogP contribution in [0.25, 0.3) is 0 Å². The number of carboxylic acid groups (broad SMARTS) is 1. The maximum Gasteiger partial charge on any atom is 0.320 e. The Morgan fingerprint density at radius 2 is 1.56 bits per heavy atom. The van der Waals surface area contributed by atoms with Crippen LogP contribution in [-0.4, -0.2) is 31.7 Å². The van der Waals surface area contributed by atoms with Crippen molar-refractivity contribution < 1.29 is 14.3 Å². The third kappa shape index (κ3) is 10.4. The molecule has 0 bridgehead atoms. The zero-order valence-corrected chi connectivity index (χ0v) is 18.8. The van der Waals surface area contributed by atoms with Gasteiger partial charge in [-0.15, -0.1) is 0 Å². The summed E-state index contributed by atoms with van der Waals surface area (Å²) in [7, 11) is -1.92. The molecular formula is C20H43NO3Si. The summed E-state index contributed by atoms with van der Waals surface area (Å²) >= 11 is 0. The molecule has 0 amide bonds. The molecule has 0 spiro atoms. The number of nitrogens with one attached hydrogen (secondary N) is 1. The van der Waals surface area contributed by atoms with Crippen molar-refractivity contribution in [2.45, 2.75) is 123 Å². The molecule has 0 fully saturated rings. The summed E-state index contributed by atoms with van der Waals surface area (Å²) < 4.78 is 6.49. The zero-order valence-electron chi connectivity index (χ0n) is 17.8. The average Bonchev–Trinajstić information content (AvgIpc) is 2.49. The van der Waals surface area contributed by atoms with Crippen molar-refractivity contribution in [3.63, 3.8) is 0 Å². The van der Waals surface area contributed by atoms with Gasteiger partial charge in [0.2, 0.25) is 0 Å². The van der Waals surface area contributed by atoms with E-state index in [1.165, 1.54) is 38.5 Å². The molecule has 2 unspecified atom stereocenters. The molecule has 0 radical (unpaired) electrons. The molecule has 2 N–H and O–H groups in total. The molecule has 0 saturated heterocycles. The molecule has 0 aromatic heterocycles. The van der Waals surface area contributed by atoms with Crippen LogP contribution in [0.15, 0.2) is 0 Å². The van der Waals surface area contributed by atoms with Crippen molar-refractivity contribution in [1.82, 2.24) is 5.32 Å². The van der Waals surface area contributed by atoms with Crippen molar-refractivity contribution in [3.8, 4) is 0 Å². The monoisotopic (exact) mass is 373 g/mol. The molecule has 2 atom stereocenters. The molecule has 0 aliphatic rings. The van der Waals surface area contributed by atoms with E-state index in [0.717, 1.165) is 12.8 Å². The number of aliphatic carboxylic acids is 1. The van der Waals surface area contributed by atoms with Crippen LogP contribution in [0.2, 0.25) is 18.1 Å². The van der Waals surface area contributed by atoms with Crippen molar-refractivity contribution in [1.29, 1.82) is 0 Å². The molecule has 0 saturated carbocycles. The van der Waals surface area contributed by atoms with E-state index in [9.17, 15) is 9.90 Å². The Kier molecular flexibility index (Phi) is 11.9. The highest BCUT2D eigenvalue weighted by atomic mass is 28.4. The first kappa shape index (κ1) is 24.6. The number of carbonyl (C=O) groups is 1. The standard InChI is InChI=1S/C20H43NO3Si/c1-8-10-11-12-13-14-15-16-18(21-17(9-2)19(22)23)24-25(6,7)20(3,4)5/h17-18,21H,8-16H2,1-7H3,(H,22,23). The molecule has 0 aliphatic carbocycles. The van der Waals surface area contributed by atoms with Crippen LogP contribution in [0.1, 0.15) is 92.4 Å². The third-order valence-electron chi connectivity index (χ3n) is 5.41. The second kappa shape index (κ2) is 12.1. The smallest absolute Gasteiger partial charge is 0.320 e. The Morgan fingerprint density at radius 1 is 1.04 bits per heavy atom. The van der Waals surface area contributed by atoms with Crippen molar-refractivity contribution >= 4 is 14.3 Å². The Labute approximate surface area is 157 Å². The molecule has 0 aromatic rings. The largest absolute Gasteiger partial charge is 0.480 e. The van der Waals surface area contributed by atoms with Gasteiger partial charge in [0.25, 0.3) is 0 Å². The van der Waals surface area contributed by atoms with Gasteiger partial charge in [0.15, 0.2) is 8.32 Å². The molecule has 150 valence electrons. The van der Waals surface area contributed by atoms with Crippen LogP contribution >= 0.6 is 0 Å². The third-order valence-corrected chi connectivity index (χ3v) is 9.89. The fraction of sp³-hybridized carbons (Fsp3) is 0.950. The summed E-state index contributed by atoms with van der Waals surface area (Å²) in [6.07, 6.45) is 10.1. The molecule has 0 heterocycles. The van der Waals surface area contributed by atoms with Gasteiger partial charge in [0.05, 0.1) is 6.23 Å². The van der Waals surface area contributed by atoms with E-state index in [-0.39, 0.29) is 11.3 Å². The minimum absolute atomic E-state index is 0.123. The van der Waals surface area contributed by atoms with Crippen molar-refractivity contribution in [3.05, 3.63) is 0 Å². The van der Waals surface area contributed by atoms with E-state index >= 15 is 0 Å². The minimum atomic E-state index is -1.92. The average molecular weight is 374 g/mol. The predicted molar refractivity (Wildman–Crippen MR) is 110 cm³/mol. The quantitative estimate of drug-likeness (QED) is 0.225. The lowest BCUT2D eigenvalue weighted by molar-refractivity contribution is -0.140. The summed E-state index contributed by atoms with van der Waals surface area (Å²) in [5.41, 5.74) is 0. The highest BCUT2D eigenvalue weighted by Gasteiger charge is 2.39. The van der Waals surface area contributed by atoms with Gasteiger partial charge in [-0.05, 0) is 37.4 Å². The van der Waals surface area contributed by atoms with E-state index in [1.54, 1.807) is 0 Å². The van der Waals surface area contributed by atoms with Crippen molar-refractivity contribution in [2.75, 3.05) is 0 Å². The SMILES string of the molecule is CCCCCCCCCC(NC(CC)C(=O)O)O[Si](C)(C)C(C)(C)C. The Balaban J connectivity index is 4.61. The lowest BCUT2D eigenvalue weighted by Gasteiger charge is -2.40. The molecule has 4 nitrogen and oxygen atoms in total. The minimum Gasteiger partial charge on any atom is -0.480 e. The van der Waals surface area contributed by atoms with Crippen LogP contribution in [0.4, 0.5) is 0 Å². The molecular weight excluding hydrogens is 330 g/mol. The summed E-state index contributed by atoms with van der Waals surface area (Å²) in [5, 5.41) is 12.7. The van der Waals surface area contributed by atoms with Gasteiger partial charge in [0, 0.05) is 0 Å². The van der Waals surface area contributed by atoms with Gasteiger partial charge >= 0.3 is 5.97 Å². The van der Waals surface area contributed by atoms with Crippen LogP contribution < -0.4 is 5.32 Å². The number of hydrogen-bond donors (Lipinski definition) is 2. The first-order valence-corrected chi connectivity index (χ1v) is 13.1. The second-order valence-electron chi connectivity index (χ2n) is 8.74. The summed E-state index contributed by atoms with van der Waals surface area (Å²) in [5.74, 6) is -0.786. The van der Waals surface area contributed by atoms with E-state index in [0.29, 0.717) is 6.42 Å². The highest BCUT2D eigenvalue weighted by molar-refractivity contribution is 6.74. The van der Waals surface area contributed by atoms with Gasteiger partial charge in [-0.2, -0.15) is 0 Å². The van der Waals surface area contributed by atoms with Crippen LogP contribution in [0.5, 0.6) is 0 Å². The van der Waals surface area contributed by atoms with Crippen LogP contribution in [0.3, 0.4) is 0 Å². The first-order valence-electron chi connectivity index (χ1n) is 10.2. The van der Waals surface area contributed by atoms with Crippen LogP contribution in [-0.2, 0) is 9.22 Å². The van der Waals surface area contributed by atoms with Gasteiger partial charge < -0.3 is 9.53 Å². The molecule has 0 aliphatic heterocycles. The maximum absolute atomic E-state index is 11.4. The second-order valence-corrected chi connectivity index (χ2v) is 13.5. The van der Waals surface area contributed by atoms with Gasteiger partial charge in [-0.3, -0.25) is 10.1 Å². The lowest BCUT2D eigenvalue weighted by atomic mass is 10.1. The summed E-state index contributed by atoms with van der Waals surface area (Å²) in [6.45, 7) is 15.3. The van der Waals surface area contributed by atoms with E-state index in [2.05, 4.69) is 46.1 Å². The molecule has 5 heteroatoms. The summed E-state index contributed by atoms with van der Waals surface area (Å²) in [4.78, 5) is 11.4. The van der Waals surface area contributed by atoms with Gasteiger partial charge in [-0.1, -0.05) is 73.1 Å². The number of hydrogen-bond acceptors (Lipinski definition) is 3. The Morgan fingerprint density at radius 3 is 2.00 bits per heavy atom. The molecule has 0 aromatic carbocycles. The first-order chi connectivity index (χ1) is 11.5. The predicted octanol–water partition coefficient (Wildman–Crippen LogP) is 5.93. The topological polar surface area (TPSA) is 58.6 Å². The van der Waals surface area contributed by atoms with E-state index in [4.69, 9.17) is 4.43 Å². The van der Waals surface area contributed by atoms with Crippen LogP contribution in [0, 0.1) is 0 Å². The lowest BCUT2D eigenvalue weighted by Crippen LogP contribution is -2.52. The fourth-order valence-electron chi connectivity index (χ4n) is 2.58. The van der Waals surface area contributed by atoms with E-state index in [1.807, 2.05) is 6.92 Å². The fourth-order valence-corrected chi connectivity index (χ4v) is 3.83. The normalized spacial score (nSPS) is 15.2. The van der Waals surface area contributed by atoms with Gasteiger partial charge in [0.1, 0.15) is 6.04 Å². The highest BCUT2D eigenvalue weighted by Crippen LogP contribution is 2.37. The van der Waals surface area contributed by atoms with E-state index < -0.39 is 20.3 Å².